The molecule has 1 saturated carbocycles. The molecule has 2 saturated heterocycles. The topological polar surface area (TPSA) is 35.6 Å². The van der Waals surface area contributed by atoms with Crippen LogP contribution in [0.1, 0.15) is 50.0 Å². The van der Waals surface area contributed by atoms with Crippen LogP contribution in [0.25, 0.3) is 0 Å². The highest BCUT2D eigenvalue weighted by molar-refractivity contribution is 5.76. The van der Waals surface area contributed by atoms with Gasteiger partial charge in [-0.2, -0.15) is 0 Å². The fourth-order valence-electron chi connectivity index (χ4n) is 5.20. The second-order valence-electron chi connectivity index (χ2n) is 8.45. The van der Waals surface area contributed by atoms with E-state index in [2.05, 4.69) is 45.4 Å². The third-order valence-corrected chi connectivity index (χ3v) is 6.76. The first-order valence-corrected chi connectivity index (χ1v) is 10.6. The van der Waals surface area contributed by atoms with Gasteiger partial charge in [0.2, 0.25) is 5.91 Å². The molecular weight excluding hydrogens is 322 g/mol. The molecule has 1 N–H and O–H groups in total. The lowest BCUT2D eigenvalue weighted by Crippen LogP contribution is -2.40. The van der Waals surface area contributed by atoms with Gasteiger partial charge in [0.05, 0.1) is 0 Å². The van der Waals surface area contributed by atoms with Crippen molar-refractivity contribution in [3.8, 4) is 0 Å². The summed E-state index contributed by atoms with van der Waals surface area (Å²) >= 11 is 0. The Labute approximate surface area is 157 Å². The summed E-state index contributed by atoms with van der Waals surface area (Å²) in [6.07, 6.45) is 7.27. The van der Waals surface area contributed by atoms with Gasteiger partial charge in [-0.05, 0) is 62.6 Å². The molecule has 1 amide bonds. The molecule has 2 aliphatic heterocycles. The number of benzene rings is 1. The van der Waals surface area contributed by atoms with Gasteiger partial charge in [-0.25, -0.2) is 0 Å². The van der Waals surface area contributed by atoms with Crippen molar-refractivity contribution in [1.29, 1.82) is 0 Å². The van der Waals surface area contributed by atoms with Gasteiger partial charge < -0.3 is 10.2 Å². The summed E-state index contributed by atoms with van der Waals surface area (Å²) in [6, 6.07) is 11.7. The predicted molar refractivity (Wildman–Crippen MR) is 105 cm³/mol. The Hall–Kier alpha value is -1.39. The second-order valence-corrected chi connectivity index (χ2v) is 8.45. The Kier molecular flexibility index (Phi) is 5.91. The molecule has 1 aromatic carbocycles. The molecule has 0 spiro atoms. The Balaban J connectivity index is 1.09. The van der Waals surface area contributed by atoms with Crippen LogP contribution in [0, 0.1) is 5.92 Å². The zero-order valence-corrected chi connectivity index (χ0v) is 15.9. The van der Waals surface area contributed by atoms with E-state index in [0.717, 1.165) is 44.7 Å². The molecule has 1 aromatic rings. The molecule has 3 aliphatic rings. The number of fused-ring (bicyclic) bond motifs is 2. The number of nitrogens with one attached hydrogen (secondary N) is 1. The smallest absolute Gasteiger partial charge is 0.221 e. The lowest BCUT2D eigenvalue weighted by molar-refractivity contribution is -0.121. The minimum absolute atomic E-state index is 0.229. The Bertz CT molecular complexity index is 582. The first-order valence-electron chi connectivity index (χ1n) is 10.6. The zero-order chi connectivity index (χ0) is 17.8. The number of likely N-dealkylation sites (tertiary alicyclic amines) is 2. The molecule has 0 unspecified atom stereocenters. The molecule has 4 nitrogen and oxygen atoms in total. The Morgan fingerprint density at radius 1 is 1.04 bits per heavy atom. The fourth-order valence-corrected chi connectivity index (χ4v) is 5.20. The van der Waals surface area contributed by atoms with E-state index in [4.69, 9.17) is 0 Å². The summed E-state index contributed by atoms with van der Waals surface area (Å²) < 4.78 is 0. The third-order valence-electron chi connectivity index (χ3n) is 6.76. The van der Waals surface area contributed by atoms with Gasteiger partial charge in [0, 0.05) is 38.6 Å². The van der Waals surface area contributed by atoms with Crippen molar-refractivity contribution in [3.05, 3.63) is 35.9 Å². The number of hydrogen-bond donors (Lipinski definition) is 1. The molecule has 0 aromatic heterocycles. The molecule has 2 heterocycles. The summed E-state index contributed by atoms with van der Waals surface area (Å²) in [6.45, 7) is 6.25. The van der Waals surface area contributed by atoms with Gasteiger partial charge in [-0.1, -0.05) is 30.3 Å². The van der Waals surface area contributed by atoms with Gasteiger partial charge in [0.25, 0.3) is 0 Å². The summed E-state index contributed by atoms with van der Waals surface area (Å²) in [5, 5.41) is 3.13. The van der Waals surface area contributed by atoms with Crippen molar-refractivity contribution >= 4 is 5.91 Å². The van der Waals surface area contributed by atoms with Crippen LogP contribution >= 0.6 is 0 Å². The average Bonchev–Trinajstić information content (AvgIpc) is 3.31. The maximum atomic E-state index is 12.1. The monoisotopic (exact) mass is 355 g/mol. The minimum Gasteiger partial charge on any atom is -0.355 e. The summed E-state index contributed by atoms with van der Waals surface area (Å²) in [4.78, 5) is 17.2. The van der Waals surface area contributed by atoms with Crippen LogP contribution in [0.3, 0.4) is 0 Å². The largest absolute Gasteiger partial charge is 0.355 e. The van der Waals surface area contributed by atoms with Crippen LogP contribution in [0.5, 0.6) is 0 Å². The first-order chi connectivity index (χ1) is 12.8. The van der Waals surface area contributed by atoms with Crippen molar-refractivity contribution < 1.29 is 4.79 Å². The second kappa shape index (κ2) is 8.53. The van der Waals surface area contributed by atoms with E-state index in [1.165, 1.54) is 44.2 Å². The first kappa shape index (κ1) is 18.0. The molecule has 2 atom stereocenters. The van der Waals surface area contributed by atoms with E-state index in [1.54, 1.807) is 0 Å². The van der Waals surface area contributed by atoms with Gasteiger partial charge >= 0.3 is 0 Å². The number of amides is 1. The van der Waals surface area contributed by atoms with E-state index in [1.807, 2.05) is 0 Å². The molecule has 26 heavy (non-hydrogen) atoms. The van der Waals surface area contributed by atoms with Crippen molar-refractivity contribution in [2.75, 3.05) is 39.3 Å². The lowest BCUT2D eigenvalue weighted by Gasteiger charge is -2.32. The van der Waals surface area contributed by atoms with Crippen molar-refractivity contribution in [1.82, 2.24) is 15.1 Å². The van der Waals surface area contributed by atoms with Gasteiger partial charge in [-0.3, -0.25) is 9.69 Å². The Morgan fingerprint density at radius 3 is 2.54 bits per heavy atom. The molecule has 0 radical (unpaired) electrons. The van der Waals surface area contributed by atoms with Crippen molar-refractivity contribution in [2.24, 2.45) is 5.92 Å². The van der Waals surface area contributed by atoms with E-state index in [9.17, 15) is 4.79 Å². The SMILES string of the molecule is O=C(CCN1C[C@H]2CC[C@@H]1C2)NCCN1CCC(c2ccccc2)CC1. The number of rotatable bonds is 7. The quantitative estimate of drug-likeness (QED) is 0.817. The predicted octanol–water partition coefficient (Wildman–Crippen LogP) is 2.86. The molecular formula is C22H33N3O. The molecule has 142 valence electrons. The normalized spacial score (nSPS) is 27.1. The van der Waals surface area contributed by atoms with E-state index in [0.29, 0.717) is 12.3 Å². The van der Waals surface area contributed by atoms with Gasteiger partial charge in [-0.15, -0.1) is 0 Å². The summed E-state index contributed by atoms with van der Waals surface area (Å²) in [7, 11) is 0. The minimum atomic E-state index is 0.229. The standard InChI is InChI=1S/C22H33N3O/c26-22(10-14-25-17-18-6-7-21(25)16-18)23-11-15-24-12-8-20(9-13-24)19-4-2-1-3-5-19/h1-5,18,20-21H,6-17H2,(H,23,26)/t18-,21+/m0/s1. The highest BCUT2D eigenvalue weighted by Crippen LogP contribution is 2.37. The maximum absolute atomic E-state index is 12.1. The molecule has 4 heteroatoms. The number of hydrogen-bond acceptors (Lipinski definition) is 3. The zero-order valence-electron chi connectivity index (χ0n) is 15.9. The average molecular weight is 356 g/mol. The van der Waals surface area contributed by atoms with E-state index < -0.39 is 0 Å². The van der Waals surface area contributed by atoms with Crippen LogP contribution in [-0.4, -0.2) is 61.0 Å². The number of nitrogens with zero attached hydrogens (tertiary/aromatic N) is 2. The van der Waals surface area contributed by atoms with Crippen LogP contribution in [0.15, 0.2) is 30.3 Å². The fraction of sp³-hybridized carbons (Fsp3) is 0.682. The Morgan fingerprint density at radius 2 is 1.85 bits per heavy atom. The van der Waals surface area contributed by atoms with Crippen LogP contribution in [0.4, 0.5) is 0 Å². The van der Waals surface area contributed by atoms with Crippen molar-refractivity contribution in [2.45, 2.75) is 50.5 Å². The highest BCUT2D eigenvalue weighted by atomic mass is 16.1. The number of carbonyl (C=O) groups is 1. The molecule has 3 fully saturated rings. The maximum Gasteiger partial charge on any atom is 0.221 e. The molecule has 2 bridgehead atoms. The summed E-state index contributed by atoms with van der Waals surface area (Å²) in [5.41, 5.74) is 1.48. The molecule has 4 rings (SSSR count). The lowest BCUT2D eigenvalue weighted by atomic mass is 9.89. The highest BCUT2D eigenvalue weighted by Gasteiger charge is 2.37. The van der Waals surface area contributed by atoms with E-state index >= 15 is 0 Å². The van der Waals surface area contributed by atoms with E-state index in [-0.39, 0.29) is 5.91 Å². The number of carbonyl (C=O) groups excluding carboxylic acids is 1. The van der Waals surface area contributed by atoms with Crippen molar-refractivity contribution in [3.63, 3.8) is 0 Å². The van der Waals surface area contributed by atoms with Crippen LogP contribution in [-0.2, 0) is 4.79 Å². The van der Waals surface area contributed by atoms with Crippen LogP contribution in [0.2, 0.25) is 0 Å². The molecule has 1 aliphatic carbocycles. The summed E-state index contributed by atoms with van der Waals surface area (Å²) in [5.74, 6) is 1.85. The number of piperidine rings is 2. The van der Waals surface area contributed by atoms with Gasteiger partial charge in [0.15, 0.2) is 0 Å². The van der Waals surface area contributed by atoms with Crippen LogP contribution < -0.4 is 5.32 Å². The van der Waals surface area contributed by atoms with Gasteiger partial charge in [0.1, 0.15) is 0 Å². The third kappa shape index (κ3) is 4.47.